The molecule has 0 spiro atoms. The van der Waals surface area contributed by atoms with Crippen molar-refractivity contribution in [2.45, 2.75) is 0 Å². The summed E-state index contributed by atoms with van der Waals surface area (Å²) in [5, 5.41) is 13.2. The van der Waals surface area contributed by atoms with Gasteiger partial charge in [0.05, 0.1) is 22.1 Å². The molecule has 0 atom stereocenters. The van der Waals surface area contributed by atoms with Crippen LogP contribution in [0.2, 0.25) is 0 Å². The topological polar surface area (TPSA) is 9.86 Å². The second-order valence-corrected chi connectivity index (χ2v) is 20.2. The molecule has 0 fully saturated rings. The summed E-state index contributed by atoms with van der Waals surface area (Å²) in [4.78, 5) is 0. The number of aromatic nitrogens is 2. The van der Waals surface area contributed by atoms with E-state index in [0.29, 0.717) is 0 Å². The zero-order valence-electron chi connectivity index (χ0n) is 31.6. The Morgan fingerprint density at radius 2 is 0.759 bits per heavy atom. The Hall–Kier alpha value is -6.98. The van der Waals surface area contributed by atoms with Gasteiger partial charge in [-0.05, 0) is 81.4 Å². The first kappa shape index (κ1) is 33.2. The van der Waals surface area contributed by atoms with Gasteiger partial charge >= 0.3 is 0 Å². The zero-order valence-corrected chi connectivity index (χ0v) is 33.4. The second kappa shape index (κ2) is 13.0. The van der Waals surface area contributed by atoms with E-state index in [9.17, 15) is 0 Å². The van der Waals surface area contributed by atoms with Gasteiger partial charge in [0.15, 0.2) is 8.07 Å². The summed E-state index contributed by atoms with van der Waals surface area (Å²) in [5.41, 5.74) is 7.23. The lowest BCUT2D eigenvalue weighted by Gasteiger charge is -2.35. The van der Waals surface area contributed by atoms with Crippen LogP contribution in [0.4, 0.5) is 0 Å². The standard InChI is InChI=1S/C54H36N2SSi/c1-3-17-39(18-4-1)58(40-19-5-2-6-20-40,41-32-30-37(31-33-41)55-49-26-11-7-22-43(49)44-23-8-12-27-50(44)55)42-21-15-16-38(34-42)56-51-28-13-9-24-45(51)47-36-54-48(35-52(47)56)46-25-10-14-29-53(46)57-54/h1-36H. The normalized spacial score (nSPS) is 12.1. The van der Waals surface area contributed by atoms with E-state index in [2.05, 4.69) is 228 Å². The van der Waals surface area contributed by atoms with Gasteiger partial charge in [-0.3, -0.25) is 0 Å². The summed E-state index contributed by atoms with van der Waals surface area (Å²) in [6, 6.07) is 81.6. The van der Waals surface area contributed by atoms with Crippen molar-refractivity contribution in [2.24, 2.45) is 0 Å². The van der Waals surface area contributed by atoms with Gasteiger partial charge in [0.1, 0.15) is 0 Å². The van der Waals surface area contributed by atoms with Crippen LogP contribution >= 0.6 is 11.3 Å². The summed E-state index contributed by atoms with van der Waals surface area (Å²) in [5.74, 6) is 0. The number of nitrogens with zero attached hydrogens (tertiary/aromatic N) is 2. The summed E-state index contributed by atoms with van der Waals surface area (Å²) < 4.78 is 7.57. The maximum atomic E-state index is 2.50. The maximum absolute atomic E-state index is 2.88. The van der Waals surface area contributed by atoms with Crippen molar-refractivity contribution >= 4 is 104 Å². The molecule has 0 saturated heterocycles. The van der Waals surface area contributed by atoms with E-state index in [-0.39, 0.29) is 0 Å². The summed E-state index contributed by atoms with van der Waals surface area (Å²) in [6.45, 7) is 0. The number of thiophene rings is 1. The summed E-state index contributed by atoms with van der Waals surface area (Å²) in [6.07, 6.45) is 0. The van der Waals surface area contributed by atoms with E-state index in [4.69, 9.17) is 0 Å². The third-order valence-electron chi connectivity index (χ3n) is 12.3. The smallest absolute Gasteiger partial charge is 0.179 e. The summed E-state index contributed by atoms with van der Waals surface area (Å²) in [7, 11) is -2.88. The van der Waals surface area contributed by atoms with Gasteiger partial charge in [0.2, 0.25) is 0 Å². The van der Waals surface area contributed by atoms with E-state index in [1.165, 1.54) is 90.2 Å². The molecule has 0 unspecified atom stereocenters. The third-order valence-corrected chi connectivity index (χ3v) is 18.2. The average molecular weight is 773 g/mol. The molecular weight excluding hydrogens is 737 g/mol. The minimum Gasteiger partial charge on any atom is -0.309 e. The molecule has 0 aliphatic rings. The first-order valence-corrected chi connectivity index (χ1v) is 22.7. The molecule has 9 aromatic carbocycles. The van der Waals surface area contributed by atoms with Crippen molar-refractivity contribution < 1.29 is 0 Å². The highest BCUT2D eigenvalue weighted by molar-refractivity contribution is 7.26. The van der Waals surface area contributed by atoms with Gasteiger partial charge < -0.3 is 9.13 Å². The number of benzene rings is 9. The first-order valence-electron chi connectivity index (χ1n) is 19.9. The number of fused-ring (bicyclic) bond motifs is 9. The van der Waals surface area contributed by atoms with Gasteiger partial charge in [-0.15, -0.1) is 11.3 Å². The zero-order chi connectivity index (χ0) is 38.2. The molecule has 3 aromatic heterocycles. The van der Waals surface area contributed by atoms with Crippen molar-refractivity contribution in [3.8, 4) is 11.4 Å². The maximum Gasteiger partial charge on any atom is 0.179 e. The van der Waals surface area contributed by atoms with Crippen LogP contribution in [0.1, 0.15) is 0 Å². The van der Waals surface area contributed by atoms with Gasteiger partial charge in [-0.2, -0.15) is 0 Å². The molecule has 0 amide bonds. The minimum absolute atomic E-state index is 1.16. The van der Waals surface area contributed by atoms with E-state index >= 15 is 0 Å². The predicted molar refractivity (Wildman–Crippen MR) is 252 cm³/mol. The van der Waals surface area contributed by atoms with Crippen LogP contribution in [-0.2, 0) is 0 Å². The molecule has 12 rings (SSSR count). The molecule has 0 N–H and O–H groups in total. The molecule has 0 aliphatic carbocycles. The molecule has 4 heteroatoms. The van der Waals surface area contributed by atoms with Gasteiger partial charge in [0, 0.05) is 53.1 Å². The Bertz CT molecular complexity index is 3410. The lowest BCUT2D eigenvalue weighted by molar-refractivity contribution is 1.18. The molecule has 58 heavy (non-hydrogen) atoms. The lowest BCUT2D eigenvalue weighted by atomic mass is 10.1. The van der Waals surface area contributed by atoms with Crippen LogP contribution in [0.3, 0.4) is 0 Å². The first-order chi connectivity index (χ1) is 28.8. The monoisotopic (exact) mass is 772 g/mol. The van der Waals surface area contributed by atoms with Crippen molar-refractivity contribution in [3.63, 3.8) is 0 Å². The van der Waals surface area contributed by atoms with Crippen LogP contribution in [0.5, 0.6) is 0 Å². The Balaban J connectivity index is 1.11. The second-order valence-electron chi connectivity index (χ2n) is 15.3. The fourth-order valence-corrected chi connectivity index (χ4v) is 15.7. The Morgan fingerprint density at radius 1 is 0.276 bits per heavy atom. The molecule has 0 saturated carbocycles. The van der Waals surface area contributed by atoms with Crippen LogP contribution < -0.4 is 20.7 Å². The fraction of sp³-hybridized carbons (Fsp3) is 0. The molecule has 0 radical (unpaired) electrons. The highest BCUT2D eigenvalue weighted by atomic mass is 32.1. The van der Waals surface area contributed by atoms with Crippen LogP contribution in [-0.4, -0.2) is 17.2 Å². The molecule has 3 heterocycles. The van der Waals surface area contributed by atoms with Crippen LogP contribution in [0.25, 0.3) is 75.2 Å². The minimum atomic E-state index is -2.88. The molecule has 272 valence electrons. The average Bonchev–Trinajstić information content (AvgIpc) is 3.94. The Morgan fingerprint density at radius 3 is 1.38 bits per heavy atom. The van der Waals surface area contributed by atoms with E-state index < -0.39 is 8.07 Å². The Labute approximate surface area is 341 Å². The molecule has 0 bridgehead atoms. The largest absolute Gasteiger partial charge is 0.309 e. The number of hydrogen-bond donors (Lipinski definition) is 0. The van der Waals surface area contributed by atoms with Crippen molar-refractivity contribution in [1.29, 1.82) is 0 Å². The van der Waals surface area contributed by atoms with E-state index in [1.807, 2.05) is 11.3 Å². The SMILES string of the molecule is c1ccc([Si](c2ccccc2)(c2ccc(-n3c4ccccc4c4ccccc43)cc2)c2cccc(-n3c4ccccc4c4cc5sc6ccccc6c5cc43)c2)cc1. The van der Waals surface area contributed by atoms with Crippen LogP contribution in [0.15, 0.2) is 218 Å². The molecule has 0 aliphatic heterocycles. The van der Waals surface area contributed by atoms with Crippen LogP contribution in [0, 0.1) is 0 Å². The highest BCUT2D eigenvalue weighted by Crippen LogP contribution is 2.40. The predicted octanol–water partition coefficient (Wildman–Crippen LogP) is 11.6. The fourth-order valence-electron chi connectivity index (χ4n) is 9.78. The van der Waals surface area contributed by atoms with Crippen molar-refractivity contribution in [1.82, 2.24) is 9.13 Å². The number of para-hydroxylation sites is 3. The van der Waals surface area contributed by atoms with Crippen molar-refractivity contribution in [3.05, 3.63) is 218 Å². The molecule has 12 aromatic rings. The van der Waals surface area contributed by atoms with Gasteiger partial charge in [-0.25, -0.2) is 0 Å². The van der Waals surface area contributed by atoms with E-state index in [0.717, 1.165) is 5.69 Å². The molecular formula is C54H36N2SSi. The molecule has 2 nitrogen and oxygen atoms in total. The summed E-state index contributed by atoms with van der Waals surface area (Å²) >= 11 is 1.88. The van der Waals surface area contributed by atoms with E-state index in [1.54, 1.807) is 0 Å². The Kier molecular flexibility index (Phi) is 7.46. The lowest BCUT2D eigenvalue weighted by Crippen LogP contribution is -2.74. The highest BCUT2D eigenvalue weighted by Gasteiger charge is 2.41. The quantitative estimate of drug-likeness (QED) is 0.118. The number of hydrogen-bond acceptors (Lipinski definition) is 1. The van der Waals surface area contributed by atoms with Gasteiger partial charge in [-0.1, -0.05) is 158 Å². The van der Waals surface area contributed by atoms with Crippen molar-refractivity contribution in [2.75, 3.05) is 0 Å². The third kappa shape index (κ3) is 4.83. The van der Waals surface area contributed by atoms with Gasteiger partial charge in [0.25, 0.3) is 0 Å². The number of rotatable bonds is 6.